The molecular formula is C9H20N4O2. The van der Waals surface area contributed by atoms with Crippen molar-refractivity contribution in [3.63, 3.8) is 0 Å². The first kappa shape index (κ1) is 13.8. The molecule has 0 aliphatic rings. The number of hydrogen-bond acceptors (Lipinski definition) is 4. The van der Waals surface area contributed by atoms with E-state index in [0.29, 0.717) is 9.72 Å². The van der Waals surface area contributed by atoms with Crippen molar-refractivity contribution in [3.05, 3.63) is 10.4 Å². The Labute approximate surface area is 90.5 Å². The minimum atomic E-state index is -0.482. The molecule has 6 nitrogen and oxygen atoms in total. The second kappa shape index (κ2) is 4.55. The van der Waals surface area contributed by atoms with Crippen molar-refractivity contribution in [2.45, 2.75) is 52.6 Å². The van der Waals surface area contributed by atoms with E-state index < -0.39 is 17.7 Å². The van der Waals surface area contributed by atoms with Gasteiger partial charge < -0.3 is 10.4 Å². The van der Waals surface area contributed by atoms with Crippen LogP contribution in [0.1, 0.15) is 41.5 Å². The molecule has 0 aromatic rings. The minimum Gasteiger partial charge on any atom is -0.595 e. The highest BCUT2D eigenvalue weighted by Gasteiger charge is 2.17. The molecule has 0 bridgehead atoms. The van der Waals surface area contributed by atoms with Crippen LogP contribution in [0.3, 0.4) is 0 Å². The van der Waals surface area contributed by atoms with Gasteiger partial charge in [0.2, 0.25) is 0 Å². The van der Waals surface area contributed by atoms with Gasteiger partial charge in [-0.2, -0.15) is 0 Å². The first-order valence-corrected chi connectivity index (χ1v) is 4.84. The second-order valence-electron chi connectivity index (χ2n) is 5.39. The molecule has 0 rings (SSSR count). The van der Waals surface area contributed by atoms with E-state index in [9.17, 15) is 10.4 Å². The van der Waals surface area contributed by atoms with E-state index in [1.165, 1.54) is 0 Å². The third-order valence-corrected chi connectivity index (χ3v) is 1.07. The van der Waals surface area contributed by atoms with Gasteiger partial charge >= 0.3 is 6.67 Å². The van der Waals surface area contributed by atoms with Crippen LogP contribution in [0.15, 0.2) is 10.2 Å². The van der Waals surface area contributed by atoms with Crippen LogP contribution in [0.4, 0.5) is 0 Å². The maximum Gasteiger partial charge on any atom is 0.401 e. The topological polar surface area (TPSA) is 76.9 Å². The van der Waals surface area contributed by atoms with Crippen molar-refractivity contribution in [2.75, 3.05) is 6.67 Å². The first-order valence-electron chi connectivity index (χ1n) is 4.84. The van der Waals surface area contributed by atoms with Gasteiger partial charge in [0.15, 0.2) is 0 Å². The van der Waals surface area contributed by atoms with Crippen LogP contribution >= 0.6 is 0 Å². The lowest BCUT2D eigenvalue weighted by Gasteiger charge is -2.11. The number of rotatable bonds is 2. The fourth-order valence-corrected chi connectivity index (χ4v) is 0.836. The third-order valence-electron chi connectivity index (χ3n) is 1.07. The van der Waals surface area contributed by atoms with Gasteiger partial charge in [0.1, 0.15) is 11.1 Å². The summed E-state index contributed by atoms with van der Waals surface area (Å²) in [7, 11) is 0. The highest BCUT2D eigenvalue weighted by atomic mass is 16.5. The Hall–Kier alpha value is -1.20. The molecular weight excluding hydrogens is 196 g/mol. The predicted molar refractivity (Wildman–Crippen MR) is 56.5 cm³/mol. The monoisotopic (exact) mass is 216 g/mol. The Balaban J connectivity index is 4.50. The van der Waals surface area contributed by atoms with E-state index in [0.717, 1.165) is 0 Å². The van der Waals surface area contributed by atoms with Crippen LogP contribution in [0.5, 0.6) is 0 Å². The second-order valence-corrected chi connectivity index (χ2v) is 5.39. The molecule has 0 aromatic heterocycles. The molecule has 0 amide bonds. The average molecular weight is 216 g/mol. The standard InChI is InChI=1S/C9H20N4O2/c1-8(2,3)10-12(14)7-13(15)11-9(4,5)6/h7H2,1-6H3. The summed E-state index contributed by atoms with van der Waals surface area (Å²) in [5.74, 6) is 0. The summed E-state index contributed by atoms with van der Waals surface area (Å²) >= 11 is 0. The van der Waals surface area contributed by atoms with E-state index in [4.69, 9.17) is 0 Å². The van der Waals surface area contributed by atoms with Gasteiger partial charge in [-0.3, -0.25) is 0 Å². The van der Waals surface area contributed by atoms with Crippen molar-refractivity contribution in [2.24, 2.45) is 10.2 Å². The van der Waals surface area contributed by atoms with Crippen molar-refractivity contribution < 1.29 is 9.72 Å². The van der Waals surface area contributed by atoms with Crippen LogP contribution in [-0.2, 0) is 0 Å². The number of nitrogens with zero attached hydrogens (tertiary/aromatic N) is 4. The largest absolute Gasteiger partial charge is 0.595 e. The van der Waals surface area contributed by atoms with Crippen molar-refractivity contribution in [3.8, 4) is 0 Å². The molecule has 15 heavy (non-hydrogen) atoms. The van der Waals surface area contributed by atoms with Crippen molar-refractivity contribution in [1.29, 1.82) is 0 Å². The average Bonchev–Trinajstić information content (AvgIpc) is 1.73. The Kier molecular flexibility index (Phi) is 4.18. The van der Waals surface area contributed by atoms with E-state index in [2.05, 4.69) is 10.2 Å². The molecule has 0 saturated carbocycles. The normalized spacial score (nSPS) is 15.6. The summed E-state index contributed by atoms with van der Waals surface area (Å²) in [6.45, 7) is 10.3. The predicted octanol–water partition coefficient (Wildman–Crippen LogP) is 2.47. The van der Waals surface area contributed by atoms with E-state index in [1.807, 2.05) is 0 Å². The molecule has 6 heteroatoms. The Bertz CT molecular complexity index is 243. The van der Waals surface area contributed by atoms with Gasteiger partial charge in [0.05, 0.1) is 0 Å². The van der Waals surface area contributed by atoms with Gasteiger partial charge in [-0.25, -0.2) is 0 Å². The molecule has 0 N–H and O–H groups in total. The maximum atomic E-state index is 11.2. The highest BCUT2D eigenvalue weighted by molar-refractivity contribution is 4.64. The summed E-state index contributed by atoms with van der Waals surface area (Å²) in [6, 6.07) is 0. The summed E-state index contributed by atoms with van der Waals surface area (Å²) < 4.78 is 0. The molecule has 0 aliphatic carbocycles. The van der Waals surface area contributed by atoms with Gasteiger partial charge in [0.25, 0.3) is 0 Å². The van der Waals surface area contributed by atoms with Crippen LogP contribution < -0.4 is 0 Å². The Morgan fingerprint density at radius 3 is 1.27 bits per heavy atom. The highest BCUT2D eigenvalue weighted by Crippen LogP contribution is 2.08. The fraction of sp³-hybridized carbons (Fsp3) is 1.00. The molecule has 0 fully saturated rings. The quantitative estimate of drug-likeness (QED) is 0.307. The maximum absolute atomic E-state index is 11.2. The van der Waals surface area contributed by atoms with Gasteiger partial charge in [-0.05, 0) is 61.5 Å². The molecule has 0 aromatic carbocycles. The lowest BCUT2D eigenvalue weighted by atomic mass is 10.1. The van der Waals surface area contributed by atoms with Gasteiger partial charge in [0, 0.05) is 0 Å². The lowest BCUT2D eigenvalue weighted by molar-refractivity contribution is -0.736. The molecule has 0 spiro atoms. The smallest absolute Gasteiger partial charge is 0.401 e. The molecule has 0 heterocycles. The Morgan fingerprint density at radius 1 is 0.800 bits per heavy atom. The fourth-order valence-electron chi connectivity index (χ4n) is 0.836. The van der Waals surface area contributed by atoms with Crippen LogP contribution in [0.2, 0.25) is 0 Å². The van der Waals surface area contributed by atoms with Crippen LogP contribution in [0, 0.1) is 10.4 Å². The number of azo groups is 2. The number of hydroxylamine groups is 2. The first-order chi connectivity index (χ1) is 6.49. The Morgan fingerprint density at radius 2 is 1.07 bits per heavy atom. The van der Waals surface area contributed by atoms with Crippen molar-refractivity contribution >= 4 is 0 Å². The van der Waals surface area contributed by atoms with Crippen molar-refractivity contribution in [1.82, 2.24) is 0 Å². The van der Waals surface area contributed by atoms with E-state index >= 15 is 0 Å². The van der Waals surface area contributed by atoms with E-state index in [-0.39, 0.29) is 0 Å². The van der Waals surface area contributed by atoms with E-state index in [1.54, 1.807) is 41.5 Å². The molecule has 0 aliphatic heterocycles. The molecule has 0 atom stereocenters. The summed E-state index contributed by atoms with van der Waals surface area (Å²) in [5, 5.41) is 29.9. The van der Waals surface area contributed by atoms with Crippen LogP contribution in [0.25, 0.3) is 0 Å². The van der Waals surface area contributed by atoms with Gasteiger partial charge in [-0.1, -0.05) is 0 Å². The van der Waals surface area contributed by atoms with Crippen LogP contribution in [-0.4, -0.2) is 27.5 Å². The zero-order valence-corrected chi connectivity index (χ0v) is 10.3. The molecule has 0 unspecified atom stereocenters. The molecule has 0 saturated heterocycles. The third kappa shape index (κ3) is 9.11. The van der Waals surface area contributed by atoms with Gasteiger partial charge in [-0.15, -0.1) is 0 Å². The number of hydrogen-bond donors (Lipinski definition) is 0. The lowest BCUT2D eigenvalue weighted by Crippen LogP contribution is -2.23. The minimum absolute atomic E-state index is 0.363. The summed E-state index contributed by atoms with van der Waals surface area (Å²) in [6.07, 6.45) is 0. The zero-order valence-electron chi connectivity index (χ0n) is 10.3. The molecule has 88 valence electrons. The SMILES string of the molecule is CC(C)(C)N=[N+]([O-])C[N+]([O-])=NC(C)(C)C. The summed E-state index contributed by atoms with van der Waals surface area (Å²) in [4.78, 5) is 0.727. The zero-order chi connectivity index (χ0) is 12.3. The molecule has 0 radical (unpaired) electrons. The summed E-state index contributed by atoms with van der Waals surface area (Å²) in [5.41, 5.74) is -0.964.